The van der Waals surface area contributed by atoms with Gasteiger partial charge in [0.05, 0.1) is 17.8 Å². The lowest BCUT2D eigenvalue weighted by atomic mass is 10.1. The third-order valence-corrected chi connectivity index (χ3v) is 4.52. The second-order valence-electron chi connectivity index (χ2n) is 6.66. The fourth-order valence-electron chi connectivity index (χ4n) is 3.06. The Labute approximate surface area is 165 Å². The Bertz CT molecular complexity index is 1110. The maximum atomic E-state index is 13.5. The first-order chi connectivity index (χ1) is 14.0. The van der Waals surface area contributed by atoms with Gasteiger partial charge in [0.15, 0.2) is 11.9 Å². The van der Waals surface area contributed by atoms with Crippen molar-refractivity contribution in [3.8, 4) is 0 Å². The molecule has 0 aliphatic carbocycles. The largest absolute Gasteiger partial charge is 0.369 e. The van der Waals surface area contributed by atoms with Crippen LogP contribution >= 0.6 is 0 Å². The number of hydrogen-bond acceptors (Lipinski definition) is 5. The number of halogens is 2. The summed E-state index contributed by atoms with van der Waals surface area (Å²) in [6, 6.07) is 14.0. The molecular weight excluding hydrogens is 376 g/mol. The molecule has 29 heavy (non-hydrogen) atoms. The fraction of sp³-hybridized carbons (Fsp3) is 0.143. The van der Waals surface area contributed by atoms with Gasteiger partial charge in [-0.3, -0.25) is 0 Å². The lowest BCUT2D eigenvalue weighted by Gasteiger charge is -2.16. The number of aromatic nitrogens is 3. The molecule has 0 aliphatic heterocycles. The van der Waals surface area contributed by atoms with Crippen molar-refractivity contribution in [3.05, 3.63) is 89.8 Å². The van der Waals surface area contributed by atoms with Crippen molar-refractivity contribution < 1.29 is 13.9 Å². The molecule has 6 nitrogen and oxygen atoms in total. The van der Waals surface area contributed by atoms with E-state index >= 15 is 0 Å². The van der Waals surface area contributed by atoms with Gasteiger partial charge in [0.25, 0.3) is 0 Å². The van der Waals surface area contributed by atoms with Gasteiger partial charge in [-0.2, -0.15) is 5.10 Å². The van der Waals surface area contributed by atoms with Crippen molar-refractivity contribution >= 4 is 17.2 Å². The molecule has 4 rings (SSSR count). The zero-order chi connectivity index (χ0) is 20.4. The monoisotopic (exact) mass is 395 g/mol. The van der Waals surface area contributed by atoms with Gasteiger partial charge in [0.2, 0.25) is 0 Å². The van der Waals surface area contributed by atoms with Crippen LogP contribution in [0.25, 0.3) is 5.65 Å². The van der Waals surface area contributed by atoms with E-state index in [2.05, 4.69) is 20.7 Å². The smallest absolute Gasteiger partial charge is 0.165 e. The maximum absolute atomic E-state index is 13.5. The van der Waals surface area contributed by atoms with E-state index in [1.54, 1.807) is 23.7 Å². The molecule has 0 spiro atoms. The van der Waals surface area contributed by atoms with Crippen LogP contribution in [-0.4, -0.2) is 19.7 Å². The van der Waals surface area contributed by atoms with Gasteiger partial charge in [0.1, 0.15) is 17.5 Å². The number of rotatable bonds is 6. The highest BCUT2D eigenvalue weighted by Crippen LogP contribution is 2.24. The number of nitrogens with one attached hydrogen (secondary N) is 2. The first-order valence-corrected chi connectivity index (χ1v) is 9.06. The summed E-state index contributed by atoms with van der Waals surface area (Å²) < 4.78 is 28.5. The summed E-state index contributed by atoms with van der Waals surface area (Å²) >= 11 is 0. The van der Waals surface area contributed by atoms with Crippen molar-refractivity contribution in [1.29, 1.82) is 0 Å². The minimum absolute atomic E-state index is 0.381. The van der Waals surface area contributed by atoms with Crippen molar-refractivity contribution in [2.45, 2.75) is 19.2 Å². The molecule has 0 saturated carbocycles. The zero-order valence-corrected chi connectivity index (χ0v) is 15.6. The third kappa shape index (κ3) is 4.17. The zero-order valence-electron chi connectivity index (χ0n) is 15.6. The summed E-state index contributed by atoms with van der Waals surface area (Å²) in [6.45, 7) is 1.78. The van der Waals surface area contributed by atoms with Gasteiger partial charge in [0, 0.05) is 18.0 Å². The van der Waals surface area contributed by atoms with Crippen LogP contribution in [0.5, 0.6) is 0 Å². The standard InChI is InChI=1S/C21H19F2N5O/c1-13(14-9-15(22)11-16(23)10-14)25-19-7-8-28-20(27-19)18(12-24-28)21(29)26-17-5-3-2-4-6-17/h2-13,21,26,29H,1H3,(H,25,27). The summed E-state index contributed by atoms with van der Waals surface area (Å²) in [6.07, 6.45) is 2.23. The Morgan fingerprint density at radius 2 is 1.72 bits per heavy atom. The molecule has 2 heterocycles. The van der Waals surface area contributed by atoms with E-state index in [9.17, 15) is 13.9 Å². The highest BCUT2D eigenvalue weighted by atomic mass is 19.1. The molecular formula is C21H19F2N5O. The fourth-order valence-corrected chi connectivity index (χ4v) is 3.06. The van der Waals surface area contributed by atoms with Crippen LogP contribution in [0.15, 0.2) is 67.0 Å². The van der Waals surface area contributed by atoms with Crippen molar-refractivity contribution in [2.75, 3.05) is 10.6 Å². The highest BCUT2D eigenvalue weighted by molar-refractivity contribution is 5.55. The van der Waals surface area contributed by atoms with E-state index in [1.807, 2.05) is 30.3 Å². The van der Waals surface area contributed by atoms with Crippen molar-refractivity contribution in [2.24, 2.45) is 0 Å². The van der Waals surface area contributed by atoms with Gasteiger partial charge >= 0.3 is 0 Å². The molecule has 8 heteroatoms. The Morgan fingerprint density at radius 1 is 1.00 bits per heavy atom. The van der Waals surface area contributed by atoms with E-state index in [0.29, 0.717) is 22.6 Å². The third-order valence-electron chi connectivity index (χ3n) is 4.52. The molecule has 2 atom stereocenters. The van der Waals surface area contributed by atoms with Crippen LogP contribution < -0.4 is 10.6 Å². The van der Waals surface area contributed by atoms with Gasteiger partial charge in [-0.15, -0.1) is 0 Å². The number of para-hydroxylation sites is 1. The summed E-state index contributed by atoms with van der Waals surface area (Å²) in [5.41, 5.74) is 2.18. The first-order valence-electron chi connectivity index (χ1n) is 9.06. The van der Waals surface area contributed by atoms with Crippen LogP contribution in [0, 0.1) is 11.6 Å². The van der Waals surface area contributed by atoms with Gasteiger partial charge in [-0.25, -0.2) is 18.3 Å². The molecule has 3 N–H and O–H groups in total. The molecule has 0 amide bonds. The van der Waals surface area contributed by atoms with Gasteiger partial charge < -0.3 is 15.7 Å². The highest BCUT2D eigenvalue weighted by Gasteiger charge is 2.16. The lowest BCUT2D eigenvalue weighted by Crippen LogP contribution is -2.11. The SMILES string of the molecule is CC(Nc1ccn2ncc(C(O)Nc3ccccc3)c2n1)c1cc(F)cc(F)c1. The number of anilines is 2. The number of aliphatic hydroxyl groups excluding tert-OH is 1. The second-order valence-corrected chi connectivity index (χ2v) is 6.66. The quantitative estimate of drug-likeness (QED) is 0.425. The summed E-state index contributed by atoms with van der Waals surface area (Å²) in [7, 11) is 0. The number of benzene rings is 2. The van der Waals surface area contributed by atoms with Crippen LogP contribution in [0.3, 0.4) is 0 Å². The van der Waals surface area contributed by atoms with Gasteiger partial charge in [-0.05, 0) is 42.8 Å². The maximum Gasteiger partial charge on any atom is 0.165 e. The van der Waals surface area contributed by atoms with Crippen molar-refractivity contribution in [1.82, 2.24) is 14.6 Å². The molecule has 0 aliphatic rings. The Kier molecular flexibility index (Phi) is 5.09. The van der Waals surface area contributed by atoms with E-state index in [1.165, 1.54) is 18.3 Å². The predicted molar refractivity (Wildman–Crippen MR) is 106 cm³/mol. The topological polar surface area (TPSA) is 74.5 Å². The Balaban J connectivity index is 1.58. The number of aliphatic hydroxyl groups is 1. The molecule has 148 valence electrons. The number of fused-ring (bicyclic) bond motifs is 1. The van der Waals surface area contributed by atoms with E-state index in [4.69, 9.17) is 0 Å². The molecule has 4 aromatic rings. The van der Waals surface area contributed by atoms with Crippen LogP contribution in [0.4, 0.5) is 20.3 Å². The van der Waals surface area contributed by atoms with E-state index in [0.717, 1.165) is 11.8 Å². The minimum atomic E-state index is -1.01. The predicted octanol–water partition coefficient (Wildman–Crippen LogP) is 4.28. The number of hydrogen-bond donors (Lipinski definition) is 3. The Hall–Kier alpha value is -3.52. The molecule has 0 fully saturated rings. The summed E-state index contributed by atoms with van der Waals surface area (Å²) in [5.74, 6) is -0.779. The molecule has 0 radical (unpaired) electrons. The molecule has 2 aromatic heterocycles. The number of nitrogens with zero attached hydrogens (tertiary/aromatic N) is 3. The minimum Gasteiger partial charge on any atom is -0.369 e. The molecule has 2 unspecified atom stereocenters. The average Bonchev–Trinajstić information content (AvgIpc) is 3.11. The Morgan fingerprint density at radius 3 is 2.45 bits per heavy atom. The van der Waals surface area contributed by atoms with Crippen LogP contribution in [-0.2, 0) is 0 Å². The first kappa shape index (κ1) is 18.8. The van der Waals surface area contributed by atoms with Crippen molar-refractivity contribution in [3.63, 3.8) is 0 Å². The van der Waals surface area contributed by atoms with Crippen LogP contribution in [0.2, 0.25) is 0 Å². The normalized spacial score (nSPS) is 13.2. The molecule has 0 bridgehead atoms. The van der Waals surface area contributed by atoms with E-state index < -0.39 is 17.9 Å². The second kappa shape index (κ2) is 7.84. The molecule has 2 aromatic carbocycles. The summed E-state index contributed by atoms with van der Waals surface area (Å²) in [4.78, 5) is 4.51. The summed E-state index contributed by atoms with van der Waals surface area (Å²) in [5, 5.41) is 20.9. The average molecular weight is 395 g/mol. The lowest BCUT2D eigenvalue weighted by molar-refractivity contribution is 0.209. The van der Waals surface area contributed by atoms with Gasteiger partial charge in [-0.1, -0.05) is 18.2 Å². The van der Waals surface area contributed by atoms with E-state index in [-0.39, 0.29) is 6.04 Å². The molecule has 0 saturated heterocycles. The van der Waals surface area contributed by atoms with Crippen LogP contribution in [0.1, 0.15) is 30.3 Å².